The Morgan fingerprint density at radius 3 is 2.73 bits per heavy atom. The molecule has 0 heterocycles. The van der Waals surface area contributed by atoms with Crippen LogP contribution in [0.15, 0.2) is 24.3 Å². The van der Waals surface area contributed by atoms with Crippen LogP contribution in [-0.4, -0.2) is 29.4 Å². The quantitative estimate of drug-likeness (QED) is 0.756. The standard InChI is InChI=1S/C17H26N2O3/c1-17(2,3)22-16(21)19-15(13-7-8-13)11-18-10-12-5-4-6-14(20)9-12/h4-6,9,13,15,18,20H,7-8,10-11H2,1-3H3,(H,19,21). The van der Waals surface area contributed by atoms with E-state index >= 15 is 0 Å². The van der Waals surface area contributed by atoms with E-state index in [0.717, 1.165) is 18.4 Å². The van der Waals surface area contributed by atoms with Crippen molar-refractivity contribution in [3.05, 3.63) is 29.8 Å². The number of aromatic hydroxyl groups is 1. The summed E-state index contributed by atoms with van der Waals surface area (Å²) >= 11 is 0. The Balaban J connectivity index is 1.78. The monoisotopic (exact) mass is 306 g/mol. The topological polar surface area (TPSA) is 70.6 Å². The van der Waals surface area contributed by atoms with E-state index in [1.54, 1.807) is 12.1 Å². The summed E-state index contributed by atoms with van der Waals surface area (Å²) in [5.74, 6) is 0.800. The minimum atomic E-state index is -0.479. The normalized spacial score (nSPS) is 16.1. The highest BCUT2D eigenvalue weighted by Crippen LogP contribution is 2.32. The van der Waals surface area contributed by atoms with E-state index in [2.05, 4.69) is 10.6 Å². The van der Waals surface area contributed by atoms with Gasteiger partial charge in [-0.05, 0) is 57.2 Å². The van der Waals surface area contributed by atoms with Gasteiger partial charge in [-0.3, -0.25) is 0 Å². The lowest BCUT2D eigenvalue weighted by Crippen LogP contribution is -2.45. The van der Waals surface area contributed by atoms with Crippen LogP contribution in [-0.2, 0) is 11.3 Å². The molecule has 0 aromatic heterocycles. The van der Waals surface area contributed by atoms with E-state index in [1.165, 1.54) is 0 Å². The van der Waals surface area contributed by atoms with Gasteiger partial charge in [-0.25, -0.2) is 4.79 Å². The van der Waals surface area contributed by atoms with Gasteiger partial charge in [-0.1, -0.05) is 12.1 Å². The number of alkyl carbamates (subject to hydrolysis) is 1. The van der Waals surface area contributed by atoms with E-state index in [1.807, 2.05) is 32.9 Å². The molecular formula is C17H26N2O3. The molecule has 1 fully saturated rings. The fourth-order valence-corrected chi connectivity index (χ4v) is 2.33. The van der Waals surface area contributed by atoms with E-state index in [0.29, 0.717) is 19.0 Å². The molecule has 1 atom stereocenters. The highest BCUT2D eigenvalue weighted by Gasteiger charge is 2.33. The molecule has 3 N–H and O–H groups in total. The SMILES string of the molecule is CC(C)(C)OC(=O)NC(CNCc1cccc(O)c1)C1CC1. The second kappa shape index (κ2) is 7.01. The van der Waals surface area contributed by atoms with Gasteiger partial charge < -0.3 is 20.5 Å². The molecule has 2 rings (SSSR count). The van der Waals surface area contributed by atoms with Gasteiger partial charge in [0.05, 0.1) is 0 Å². The molecule has 1 saturated carbocycles. The molecule has 1 aliphatic carbocycles. The summed E-state index contributed by atoms with van der Waals surface area (Å²) in [7, 11) is 0. The van der Waals surface area contributed by atoms with Crippen LogP contribution in [0.25, 0.3) is 0 Å². The number of rotatable bonds is 6. The average Bonchev–Trinajstić information content (AvgIpc) is 3.19. The van der Waals surface area contributed by atoms with Crippen LogP contribution in [0.1, 0.15) is 39.2 Å². The second-order valence-corrected chi connectivity index (χ2v) is 6.89. The summed E-state index contributed by atoms with van der Waals surface area (Å²) in [6, 6.07) is 7.26. The van der Waals surface area contributed by atoms with Gasteiger partial charge in [0, 0.05) is 19.1 Å². The van der Waals surface area contributed by atoms with Crippen molar-refractivity contribution >= 4 is 6.09 Å². The van der Waals surface area contributed by atoms with Crippen LogP contribution in [0, 0.1) is 5.92 Å². The molecule has 1 amide bonds. The Bertz CT molecular complexity index is 507. The predicted octanol–water partition coefficient (Wildman–Crippen LogP) is 2.79. The number of hydrogen-bond donors (Lipinski definition) is 3. The van der Waals surface area contributed by atoms with Crippen LogP contribution in [0.3, 0.4) is 0 Å². The lowest BCUT2D eigenvalue weighted by Gasteiger charge is -2.24. The maximum Gasteiger partial charge on any atom is 0.407 e. The number of phenolic OH excluding ortho intramolecular Hbond substituents is 1. The lowest BCUT2D eigenvalue weighted by atomic mass is 10.1. The predicted molar refractivity (Wildman–Crippen MR) is 85.7 cm³/mol. The van der Waals surface area contributed by atoms with Gasteiger partial charge in [-0.2, -0.15) is 0 Å². The van der Waals surface area contributed by atoms with Gasteiger partial charge >= 0.3 is 6.09 Å². The Hall–Kier alpha value is -1.75. The molecule has 0 saturated heterocycles. The molecular weight excluding hydrogens is 280 g/mol. The zero-order valence-corrected chi connectivity index (χ0v) is 13.6. The number of ether oxygens (including phenoxy) is 1. The number of nitrogens with one attached hydrogen (secondary N) is 2. The molecule has 0 bridgehead atoms. The first-order valence-corrected chi connectivity index (χ1v) is 7.81. The summed E-state index contributed by atoms with van der Waals surface area (Å²) in [5, 5.41) is 15.7. The van der Waals surface area contributed by atoms with Crippen molar-refractivity contribution in [2.24, 2.45) is 5.92 Å². The van der Waals surface area contributed by atoms with Gasteiger partial charge in [0.2, 0.25) is 0 Å². The summed E-state index contributed by atoms with van der Waals surface area (Å²) < 4.78 is 5.32. The van der Waals surface area contributed by atoms with Gasteiger partial charge in [0.25, 0.3) is 0 Å². The van der Waals surface area contributed by atoms with Crippen molar-refractivity contribution in [1.29, 1.82) is 0 Å². The summed E-state index contributed by atoms with van der Waals surface area (Å²) in [6.45, 7) is 6.93. The van der Waals surface area contributed by atoms with E-state index in [-0.39, 0.29) is 17.9 Å². The molecule has 0 aliphatic heterocycles. The van der Waals surface area contributed by atoms with Crippen LogP contribution >= 0.6 is 0 Å². The smallest absolute Gasteiger partial charge is 0.407 e. The minimum Gasteiger partial charge on any atom is -0.508 e. The first-order chi connectivity index (χ1) is 10.3. The highest BCUT2D eigenvalue weighted by atomic mass is 16.6. The van der Waals surface area contributed by atoms with E-state index in [9.17, 15) is 9.90 Å². The molecule has 0 spiro atoms. The summed E-state index contributed by atoms with van der Waals surface area (Å²) in [4.78, 5) is 11.9. The zero-order chi connectivity index (χ0) is 16.2. The van der Waals surface area contributed by atoms with Crippen molar-refractivity contribution in [1.82, 2.24) is 10.6 Å². The van der Waals surface area contributed by atoms with Gasteiger partial charge in [0.1, 0.15) is 11.4 Å². The number of benzene rings is 1. The molecule has 122 valence electrons. The average molecular weight is 306 g/mol. The van der Waals surface area contributed by atoms with E-state index in [4.69, 9.17) is 4.74 Å². The Labute approximate surface area is 132 Å². The molecule has 1 aromatic rings. The summed E-state index contributed by atoms with van der Waals surface area (Å²) in [6.07, 6.45) is 1.94. The number of phenols is 1. The van der Waals surface area contributed by atoms with Crippen molar-refractivity contribution in [3.63, 3.8) is 0 Å². The summed E-state index contributed by atoms with van der Waals surface area (Å²) in [5.41, 5.74) is 0.541. The fraction of sp³-hybridized carbons (Fsp3) is 0.588. The fourth-order valence-electron chi connectivity index (χ4n) is 2.33. The van der Waals surface area contributed by atoms with Gasteiger partial charge in [-0.15, -0.1) is 0 Å². The zero-order valence-electron chi connectivity index (χ0n) is 13.6. The van der Waals surface area contributed by atoms with E-state index < -0.39 is 5.60 Å². The van der Waals surface area contributed by atoms with Crippen LogP contribution in [0.4, 0.5) is 4.79 Å². The highest BCUT2D eigenvalue weighted by molar-refractivity contribution is 5.68. The molecule has 1 aromatic carbocycles. The largest absolute Gasteiger partial charge is 0.508 e. The number of carbonyl (C=O) groups excluding carboxylic acids is 1. The third-order valence-electron chi connectivity index (χ3n) is 3.50. The third-order valence-corrected chi connectivity index (χ3v) is 3.50. The Morgan fingerprint density at radius 1 is 1.41 bits per heavy atom. The van der Waals surface area contributed by atoms with Crippen LogP contribution in [0.2, 0.25) is 0 Å². The molecule has 5 nitrogen and oxygen atoms in total. The first kappa shape index (κ1) is 16.6. The van der Waals surface area contributed by atoms with Crippen LogP contribution < -0.4 is 10.6 Å². The molecule has 1 unspecified atom stereocenters. The maximum absolute atomic E-state index is 11.9. The van der Waals surface area contributed by atoms with Crippen LogP contribution in [0.5, 0.6) is 5.75 Å². The number of carbonyl (C=O) groups is 1. The lowest BCUT2D eigenvalue weighted by molar-refractivity contribution is 0.0497. The third kappa shape index (κ3) is 5.93. The Kier molecular flexibility index (Phi) is 5.29. The first-order valence-electron chi connectivity index (χ1n) is 7.81. The molecule has 5 heteroatoms. The second-order valence-electron chi connectivity index (χ2n) is 6.89. The van der Waals surface area contributed by atoms with Crippen molar-refractivity contribution in [2.75, 3.05) is 6.54 Å². The maximum atomic E-state index is 11.9. The molecule has 1 aliphatic rings. The van der Waals surface area contributed by atoms with Crippen molar-refractivity contribution in [3.8, 4) is 5.75 Å². The molecule has 0 radical (unpaired) electrons. The Morgan fingerprint density at radius 2 is 2.14 bits per heavy atom. The minimum absolute atomic E-state index is 0.0900. The number of amides is 1. The van der Waals surface area contributed by atoms with Crippen molar-refractivity contribution in [2.45, 2.75) is 51.8 Å². The van der Waals surface area contributed by atoms with Crippen molar-refractivity contribution < 1.29 is 14.6 Å². The molecule has 22 heavy (non-hydrogen) atoms. The van der Waals surface area contributed by atoms with Gasteiger partial charge in [0.15, 0.2) is 0 Å². The number of hydrogen-bond acceptors (Lipinski definition) is 4.